The van der Waals surface area contributed by atoms with Gasteiger partial charge in [0.25, 0.3) is 0 Å². The molecule has 4 heteroatoms. The number of aromatic nitrogens is 1. The van der Waals surface area contributed by atoms with E-state index in [0.29, 0.717) is 6.61 Å². The molecule has 0 bridgehead atoms. The Bertz CT molecular complexity index is 657. The first kappa shape index (κ1) is 11.8. The van der Waals surface area contributed by atoms with E-state index in [-0.39, 0.29) is 12.1 Å². The Balaban J connectivity index is 2.06. The lowest BCUT2D eigenvalue weighted by Crippen LogP contribution is -2.31. The molecule has 0 aliphatic carbocycles. The van der Waals surface area contributed by atoms with Crippen LogP contribution in [-0.2, 0) is 4.74 Å². The van der Waals surface area contributed by atoms with Gasteiger partial charge in [0.2, 0.25) is 0 Å². The molecule has 0 radical (unpaired) electrons. The van der Waals surface area contributed by atoms with Crippen molar-refractivity contribution in [1.82, 2.24) is 9.88 Å². The Labute approximate surface area is 111 Å². The number of nitrogens with zero attached hydrogens (tertiary/aromatic N) is 1. The van der Waals surface area contributed by atoms with Crippen LogP contribution in [0.3, 0.4) is 0 Å². The first-order valence-electron chi connectivity index (χ1n) is 6.46. The fourth-order valence-corrected chi connectivity index (χ4v) is 2.61. The van der Waals surface area contributed by atoms with Gasteiger partial charge in [0.05, 0.1) is 12.6 Å². The molecule has 1 N–H and O–H groups in total. The molecule has 2 heterocycles. The molecular weight excluding hydrogens is 240 g/mol. The molecule has 0 fully saturated rings. The summed E-state index contributed by atoms with van der Waals surface area (Å²) in [6.45, 7) is 4.21. The Kier molecular flexibility index (Phi) is 2.78. The van der Waals surface area contributed by atoms with E-state index in [4.69, 9.17) is 4.74 Å². The van der Waals surface area contributed by atoms with E-state index in [1.165, 1.54) is 0 Å². The zero-order chi connectivity index (χ0) is 13.4. The molecule has 1 unspecified atom stereocenters. The number of carbonyl (C=O) groups excluding carboxylic acids is 1. The zero-order valence-electron chi connectivity index (χ0n) is 11.0. The second kappa shape index (κ2) is 4.46. The average molecular weight is 256 g/mol. The molecule has 2 aromatic rings. The smallest absolute Gasteiger partial charge is 0.414 e. The highest BCUT2D eigenvalue weighted by molar-refractivity contribution is 5.89. The maximum absolute atomic E-state index is 11.9. The molecular formula is C15H16N2O2. The quantitative estimate of drug-likeness (QED) is 0.846. The third kappa shape index (κ3) is 1.80. The van der Waals surface area contributed by atoms with Gasteiger partial charge in [-0.2, -0.15) is 0 Å². The van der Waals surface area contributed by atoms with Crippen LogP contribution in [-0.4, -0.2) is 22.6 Å². The number of ether oxygens (including phenoxy) is 1. The molecule has 1 atom stereocenters. The van der Waals surface area contributed by atoms with E-state index in [1.54, 1.807) is 11.1 Å². The number of nitrogens with one attached hydrogen (secondary N) is 1. The van der Waals surface area contributed by atoms with Gasteiger partial charge in [0.15, 0.2) is 0 Å². The molecule has 1 amide bonds. The summed E-state index contributed by atoms with van der Waals surface area (Å²) in [7, 11) is 0. The summed E-state index contributed by atoms with van der Waals surface area (Å²) in [5, 5.41) is 1.16. The van der Waals surface area contributed by atoms with Gasteiger partial charge < -0.3 is 9.72 Å². The van der Waals surface area contributed by atoms with Crippen molar-refractivity contribution in [2.45, 2.75) is 19.9 Å². The lowest BCUT2D eigenvalue weighted by atomic mass is 10.0. The van der Waals surface area contributed by atoms with Gasteiger partial charge in [0, 0.05) is 28.4 Å². The van der Waals surface area contributed by atoms with E-state index >= 15 is 0 Å². The molecule has 1 aromatic heterocycles. The van der Waals surface area contributed by atoms with Gasteiger partial charge in [-0.1, -0.05) is 18.2 Å². The number of hydrogen-bond donors (Lipinski definition) is 1. The van der Waals surface area contributed by atoms with E-state index in [2.05, 4.69) is 11.1 Å². The zero-order valence-corrected chi connectivity index (χ0v) is 11.0. The number of aromatic amines is 1. The Hall–Kier alpha value is -2.23. The fraction of sp³-hybridized carbons (Fsp3) is 0.267. The number of H-pyrrole nitrogens is 1. The molecule has 1 aliphatic rings. The second-order valence-corrected chi connectivity index (χ2v) is 4.60. The standard InChI is InChI=1S/C15H16N2O2/c1-3-19-15(18)17-9-8-13-14(10(17)2)11-6-4-5-7-12(11)16-13/h4-10,16H,3H2,1-2H3. The Morgan fingerprint density at radius 3 is 3.00 bits per heavy atom. The predicted molar refractivity (Wildman–Crippen MR) is 74.6 cm³/mol. The van der Waals surface area contributed by atoms with Gasteiger partial charge in [-0.15, -0.1) is 0 Å². The second-order valence-electron chi connectivity index (χ2n) is 4.60. The number of benzene rings is 1. The molecule has 3 rings (SSSR count). The van der Waals surface area contributed by atoms with Gasteiger partial charge in [-0.25, -0.2) is 4.79 Å². The number of hydrogen-bond acceptors (Lipinski definition) is 2. The van der Waals surface area contributed by atoms with E-state index in [1.807, 2.05) is 38.1 Å². The first-order valence-corrected chi connectivity index (χ1v) is 6.46. The van der Waals surface area contributed by atoms with Crippen LogP contribution in [0.25, 0.3) is 17.0 Å². The summed E-state index contributed by atoms with van der Waals surface area (Å²) >= 11 is 0. The molecule has 19 heavy (non-hydrogen) atoms. The number of para-hydroxylation sites is 1. The Morgan fingerprint density at radius 2 is 2.21 bits per heavy atom. The van der Waals surface area contributed by atoms with Crippen molar-refractivity contribution in [2.24, 2.45) is 0 Å². The van der Waals surface area contributed by atoms with Crippen molar-refractivity contribution < 1.29 is 9.53 Å². The minimum atomic E-state index is -0.304. The van der Waals surface area contributed by atoms with Crippen molar-refractivity contribution >= 4 is 23.1 Å². The summed E-state index contributed by atoms with van der Waals surface area (Å²) in [5.41, 5.74) is 3.30. The molecule has 1 aromatic carbocycles. The lowest BCUT2D eigenvalue weighted by Gasteiger charge is -2.28. The molecule has 0 spiro atoms. The average Bonchev–Trinajstić information content (AvgIpc) is 2.78. The third-order valence-corrected chi connectivity index (χ3v) is 3.49. The number of carbonyl (C=O) groups is 1. The maximum Gasteiger partial charge on any atom is 0.414 e. The monoisotopic (exact) mass is 256 g/mol. The summed E-state index contributed by atoms with van der Waals surface area (Å²) in [5.74, 6) is 0. The van der Waals surface area contributed by atoms with E-state index in [9.17, 15) is 4.79 Å². The van der Waals surface area contributed by atoms with Gasteiger partial charge >= 0.3 is 6.09 Å². The van der Waals surface area contributed by atoms with Gasteiger partial charge in [0.1, 0.15) is 0 Å². The van der Waals surface area contributed by atoms with E-state index in [0.717, 1.165) is 22.2 Å². The van der Waals surface area contributed by atoms with Crippen molar-refractivity contribution in [3.63, 3.8) is 0 Å². The fourth-order valence-electron chi connectivity index (χ4n) is 2.61. The number of rotatable bonds is 1. The van der Waals surface area contributed by atoms with Crippen molar-refractivity contribution in [1.29, 1.82) is 0 Å². The summed E-state index contributed by atoms with van der Waals surface area (Å²) in [6.07, 6.45) is 3.40. The maximum atomic E-state index is 11.9. The lowest BCUT2D eigenvalue weighted by molar-refractivity contribution is 0.112. The van der Waals surface area contributed by atoms with Crippen LogP contribution in [0.15, 0.2) is 30.5 Å². The highest BCUT2D eigenvalue weighted by Crippen LogP contribution is 2.35. The van der Waals surface area contributed by atoms with Crippen LogP contribution in [0, 0.1) is 0 Å². The highest BCUT2D eigenvalue weighted by atomic mass is 16.6. The Morgan fingerprint density at radius 1 is 1.42 bits per heavy atom. The molecule has 0 saturated heterocycles. The number of amides is 1. The minimum absolute atomic E-state index is 0.0322. The van der Waals surface area contributed by atoms with Crippen LogP contribution in [0.1, 0.15) is 31.1 Å². The number of fused-ring (bicyclic) bond motifs is 3. The highest BCUT2D eigenvalue weighted by Gasteiger charge is 2.28. The predicted octanol–water partition coefficient (Wildman–Crippen LogP) is 3.67. The van der Waals surface area contributed by atoms with E-state index < -0.39 is 0 Å². The van der Waals surface area contributed by atoms with Crippen LogP contribution < -0.4 is 0 Å². The van der Waals surface area contributed by atoms with Crippen LogP contribution >= 0.6 is 0 Å². The summed E-state index contributed by atoms with van der Waals surface area (Å²) in [6, 6.07) is 8.10. The summed E-state index contributed by atoms with van der Waals surface area (Å²) < 4.78 is 5.08. The van der Waals surface area contributed by atoms with Crippen LogP contribution in [0.5, 0.6) is 0 Å². The molecule has 1 aliphatic heterocycles. The normalized spacial score (nSPS) is 17.6. The van der Waals surface area contributed by atoms with Crippen LogP contribution in [0.2, 0.25) is 0 Å². The molecule has 4 nitrogen and oxygen atoms in total. The van der Waals surface area contributed by atoms with Crippen LogP contribution in [0.4, 0.5) is 4.79 Å². The first-order chi connectivity index (χ1) is 9.22. The topological polar surface area (TPSA) is 45.3 Å². The molecule has 0 saturated carbocycles. The molecule has 98 valence electrons. The van der Waals surface area contributed by atoms with Gasteiger partial charge in [-0.3, -0.25) is 4.90 Å². The van der Waals surface area contributed by atoms with Gasteiger partial charge in [-0.05, 0) is 26.0 Å². The van der Waals surface area contributed by atoms with Crippen molar-refractivity contribution in [3.8, 4) is 0 Å². The minimum Gasteiger partial charge on any atom is -0.449 e. The SMILES string of the molecule is CCOC(=O)N1C=Cc2[nH]c3ccccc3c2C1C. The van der Waals surface area contributed by atoms with Crippen molar-refractivity contribution in [2.75, 3.05) is 6.61 Å². The summed E-state index contributed by atoms with van der Waals surface area (Å²) in [4.78, 5) is 16.9. The van der Waals surface area contributed by atoms with Crippen molar-refractivity contribution in [3.05, 3.63) is 41.7 Å². The third-order valence-electron chi connectivity index (χ3n) is 3.49. The largest absolute Gasteiger partial charge is 0.449 e.